The lowest BCUT2D eigenvalue weighted by atomic mass is 10.2. The molecular weight excluding hydrogens is 193 g/mol. The van der Waals surface area contributed by atoms with Gasteiger partial charge in [-0.2, -0.15) is 13.2 Å². The maximum atomic E-state index is 12.2. The van der Waals surface area contributed by atoms with Gasteiger partial charge in [0.1, 0.15) is 5.69 Å². The van der Waals surface area contributed by atoms with Gasteiger partial charge in [0, 0.05) is 12.7 Å². The van der Waals surface area contributed by atoms with E-state index in [-0.39, 0.29) is 0 Å². The Morgan fingerprint density at radius 3 is 2.50 bits per heavy atom. The Morgan fingerprint density at radius 1 is 1.36 bits per heavy atom. The highest BCUT2D eigenvalue weighted by Crippen LogP contribution is 2.27. The predicted octanol–water partition coefficient (Wildman–Crippen LogP) is 2.16. The summed E-state index contributed by atoms with van der Waals surface area (Å²) < 4.78 is 36.7. The fourth-order valence-electron chi connectivity index (χ4n) is 1.09. The van der Waals surface area contributed by atoms with Crippen molar-refractivity contribution in [2.24, 2.45) is 0 Å². The second-order valence-electron chi connectivity index (χ2n) is 3.28. The normalized spacial score (nSPS) is 12.1. The monoisotopic (exact) mass is 204 g/mol. The Balaban J connectivity index is 2.90. The highest BCUT2D eigenvalue weighted by Gasteiger charge is 2.32. The van der Waals surface area contributed by atoms with Crippen LogP contribution >= 0.6 is 0 Å². The Kier molecular flexibility index (Phi) is 3.10. The number of alkyl halides is 3. The molecule has 0 unspecified atom stereocenters. The zero-order valence-electron chi connectivity index (χ0n) is 7.97. The van der Waals surface area contributed by atoms with Gasteiger partial charge in [0.25, 0.3) is 0 Å². The van der Waals surface area contributed by atoms with Gasteiger partial charge in [-0.3, -0.25) is 4.98 Å². The molecule has 1 aromatic heterocycles. The first-order valence-electron chi connectivity index (χ1n) is 4.06. The predicted molar refractivity (Wildman–Crippen MR) is 46.6 cm³/mol. The third-order valence-corrected chi connectivity index (χ3v) is 1.61. The van der Waals surface area contributed by atoms with Crippen molar-refractivity contribution >= 4 is 0 Å². The standard InChI is InChI=1S/C9H11F3N2/c1-14(2)6-7-3-4-13-8(5-7)9(10,11)12/h3-5H,6H2,1-2H3. The van der Waals surface area contributed by atoms with E-state index in [0.29, 0.717) is 12.1 Å². The van der Waals surface area contributed by atoms with Gasteiger partial charge < -0.3 is 4.90 Å². The second kappa shape index (κ2) is 3.96. The van der Waals surface area contributed by atoms with E-state index in [2.05, 4.69) is 4.98 Å². The molecule has 0 aliphatic heterocycles. The van der Waals surface area contributed by atoms with Crippen molar-refractivity contribution in [1.29, 1.82) is 0 Å². The smallest absolute Gasteiger partial charge is 0.305 e. The van der Waals surface area contributed by atoms with Crippen molar-refractivity contribution in [2.75, 3.05) is 14.1 Å². The molecule has 0 aliphatic carbocycles. The minimum Gasteiger partial charge on any atom is -0.305 e. The van der Waals surface area contributed by atoms with Gasteiger partial charge in [0.2, 0.25) is 0 Å². The minimum absolute atomic E-state index is 0.478. The van der Waals surface area contributed by atoms with Crippen molar-refractivity contribution in [3.05, 3.63) is 29.6 Å². The van der Waals surface area contributed by atoms with Gasteiger partial charge >= 0.3 is 6.18 Å². The molecule has 0 bridgehead atoms. The molecule has 0 spiro atoms. The first-order chi connectivity index (χ1) is 6.39. The molecule has 1 aromatic rings. The lowest BCUT2D eigenvalue weighted by Crippen LogP contribution is -2.13. The summed E-state index contributed by atoms with van der Waals surface area (Å²) in [5.74, 6) is 0. The molecule has 14 heavy (non-hydrogen) atoms. The number of aromatic nitrogens is 1. The van der Waals surface area contributed by atoms with Gasteiger partial charge in [0.15, 0.2) is 0 Å². The van der Waals surface area contributed by atoms with Crippen LogP contribution in [0.15, 0.2) is 18.3 Å². The number of hydrogen-bond acceptors (Lipinski definition) is 2. The highest BCUT2D eigenvalue weighted by molar-refractivity contribution is 5.18. The topological polar surface area (TPSA) is 16.1 Å². The quantitative estimate of drug-likeness (QED) is 0.733. The van der Waals surface area contributed by atoms with Crippen LogP contribution in [0.25, 0.3) is 0 Å². The van der Waals surface area contributed by atoms with E-state index in [9.17, 15) is 13.2 Å². The maximum Gasteiger partial charge on any atom is 0.433 e. The number of hydrogen-bond donors (Lipinski definition) is 0. The first kappa shape index (κ1) is 11.0. The van der Waals surface area contributed by atoms with Crippen LogP contribution in [-0.4, -0.2) is 24.0 Å². The third-order valence-electron chi connectivity index (χ3n) is 1.61. The largest absolute Gasteiger partial charge is 0.433 e. The average molecular weight is 204 g/mol. The zero-order chi connectivity index (χ0) is 10.8. The Labute approximate surface area is 80.4 Å². The lowest BCUT2D eigenvalue weighted by molar-refractivity contribution is -0.141. The van der Waals surface area contributed by atoms with Gasteiger partial charge in [-0.1, -0.05) is 0 Å². The first-order valence-corrected chi connectivity index (χ1v) is 4.06. The molecule has 0 N–H and O–H groups in total. The van der Waals surface area contributed by atoms with Gasteiger partial charge in [-0.05, 0) is 31.8 Å². The number of halogens is 3. The Morgan fingerprint density at radius 2 is 2.00 bits per heavy atom. The molecule has 78 valence electrons. The molecule has 1 rings (SSSR count). The second-order valence-corrected chi connectivity index (χ2v) is 3.28. The molecule has 1 heterocycles. The van der Waals surface area contributed by atoms with E-state index < -0.39 is 11.9 Å². The van der Waals surface area contributed by atoms with E-state index in [1.54, 1.807) is 25.1 Å². The van der Waals surface area contributed by atoms with Gasteiger partial charge in [-0.15, -0.1) is 0 Å². The van der Waals surface area contributed by atoms with Crippen LogP contribution in [0.2, 0.25) is 0 Å². The molecular formula is C9H11F3N2. The summed E-state index contributed by atoms with van der Waals surface area (Å²) in [7, 11) is 3.60. The third kappa shape index (κ3) is 2.99. The Hall–Kier alpha value is -1.10. The Bertz CT molecular complexity index is 307. The lowest BCUT2D eigenvalue weighted by Gasteiger charge is -2.11. The summed E-state index contributed by atoms with van der Waals surface area (Å²) in [6.45, 7) is 0.478. The molecule has 2 nitrogen and oxygen atoms in total. The summed E-state index contributed by atoms with van der Waals surface area (Å²) in [4.78, 5) is 5.08. The van der Waals surface area contributed by atoms with Crippen LogP contribution in [0.5, 0.6) is 0 Å². The van der Waals surface area contributed by atoms with E-state index in [1.165, 1.54) is 6.20 Å². The summed E-state index contributed by atoms with van der Waals surface area (Å²) in [5, 5.41) is 0. The van der Waals surface area contributed by atoms with E-state index in [0.717, 1.165) is 6.07 Å². The SMILES string of the molecule is CN(C)Cc1ccnc(C(F)(F)F)c1. The molecule has 0 aromatic carbocycles. The molecule has 0 amide bonds. The zero-order valence-corrected chi connectivity index (χ0v) is 7.97. The van der Waals surface area contributed by atoms with Crippen LogP contribution in [0.1, 0.15) is 11.3 Å². The van der Waals surface area contributed by atoms with Crippen molar-refractivity contribution in [2.45, 2.75) is 12.7 Å². The van der Waals surface area contributed by atoms with Crippen LogP contribution in [0.3, 0.4) is 0 Å². The average Bonchev–Trinajstić information content (AvgIpc) is 2.01. The molecule has 0 saturated heterocycles. The van der Waals surface area contributed by atoms with Crippen LogP contribution in [-0.2, 0) is 12.7 Å². The molecule has 0 fully saturated rings. The van der Waals surface area contributed by atoms with Crippen molar-refractivity contribution in [3.63, 3.8) is 0 Å². The minimum atomic E-state index is -4.36. The van der Waals surface area contributed by atoms with Crippen LogP contribution in [0, 0.1) is 0 Å². The van der Waals surface area contributed by atoms with Gasteiger partial charge in [0.05, 0.1) is 0 Å². The highest BCUT2D eigenvalue weighted by atomic mass is 19.4. The number of pyridine rings is 1. The molecule has 0 radical (unpaired) electrons. The molecule has 0 atom stereocenters. The summed E-state index contributed by atoms with van der Waals surface area (Å²) in [5.41, 5.74) is -0.228. The van der Waals surface area contributed by atoms with Crippen molar-refractivity contribution in [1.82, 2.24) is 9.88 Å². The molecule has 0 aliphatic rings. The van der Waals surface area contributed by atoms with Crippen LogP contribution in [0.4, 0.5) is 13.2 Å². The maximum absolute atomic E-state index is 12.2. The van der Waals surface area contributed by atoms with Gasteiger partial charge in [-0.25, -0.2) is 0 Å². The van der Waals surface area contributed by atoms with E-state index in [1.807, 2.05) is 0 Å². The van der Waals surface area contributed by atoms with Crippen molar-refractivity contribution < 1.29 is 13.2 Å². The van der Waals surface area contributed by atoms with Crippen molar-refractivity contribution in [3.8, 4) is 0 Å². The molecule has 0 saturated carbocycles. The summed E-state index contributed by atoms with van der Waals surface area (Å²) in [6.07, 6.45) is -3.18. The molecule has 5 heteroatoms. The van der Waals surface area contributed by atoms with E-state index >= 15 is 0 Å². The summed E-state index contributed by atoms with van der Waals surface area (Å²) in [6, 6.07) is 2.65. The fraction of sp³-hybridized carbons (Fsp3) is 0.444. The van der Waals surface area contributed by atoms with E-state index in [4.69, 9.17) is 0 Å². The number of rotatable bonds is 2. The fourth-order valence-corrected chi connectivity index (χ4v) is 1.09. The number of nitrogens with zero attached hydrogens (tertiary/aromatic N) is 2. The van der Waals surface area contributed by atoms with Crippen LogP contribution < -0.4 is 0 Å². The summed E-state index contributed by atoms with van der Waals surface area (Å²) >= 11 is 0.